The summed E-state index contributed by atoms with van der Waals surface area (Å²) < 4.78 is 30.0. The van der Waals surface area contributed by atoms with Crippen molar-refractivity contribution in [1.82, 2.24) is 0 Å². The van der Waals surface area contributed by atoms with E-state index in [1.807, 2.05) is 20.8 Å². The first kappa shape index (κ1) is 27.6. The summed E-state index contributed by atoms with van der Waals surface area (Å²) in [5, 5.41) is 0. The van der Waals surface area contributed by atoms with Crippen LogP contribution < -0.4 is 0 Å². The van der Waals surface area contributed by atoms with Gasteiger partial charge in [-0.05, 0) is 42.6 Å². The molecular formula is C28H40O9. The number of ether oxygens (including phenoxy) is 5. The summed E-state index contributed by atoms with van der Waals surface area (Å²) in [6.07, 6.45) is -0.0880. The van der Waals surface area contributed by atoms with E-state index in [9.17, 15) is 19.2 Å². The average Bonchev–Trinajstić information content (AvgIpc) is 3.48. The molecule has 0 radical (unpaired) electrons. The molecule has 1 aliphatic heterocycles. The minimum atomic E-state index is -0.843. The molecule has 2 saturated carbocycles. The molecule has 206 valence electrons. The third-order valence-electron chi connectivity index (χ3n) is 9.06. The first-order valence-electron chi connectivity index (χ1n) is 13.2. The molecule has 3 aliphatic carbocycles. The number of epoxide rings is 1. The maximum absolute atomic E-state index is 12.6. The number of hydrogen-bond acceptors (Lipinski definition) is 9. The lowest BCUT2D eigenvalue weighted by Gasteiger charge is -2.59. The molecule has 0 aromatic carbocycles. The third kappa shape index (κ3) is 4.79. The Morgan fingerprint density at radius 3 is 1.95 bits per heavy atom. The summed E-state index contributed by atoms with van der Waals surface area (Å²) in [6.45, 7) is 14.1. The Labute approximate surface area is 218 Å². The molecule has 9 nitrogen and oxygen atoms in total. The Morgan fingerprint density at radius 1 is 0.865 bits per heavy atom. The van der Waals surface area contributed by atoms with E-state index in [4.69, 9.17) is 23.7 Å². The molecule has 3 fully saturated rings. The van der Waals surface area contributed by atoms with E-state index in [-0.39, 0.29) is 11.9 Å². The Kier molecular flexibility index (Phi) is 7.01. The number of fused-ring (bicyclic) bond motifs is 4. The highest BCUT2D eigenvalue weighted by molar-refractivity contribution is 5.68. The molecule has 8 atom stereocenters. The summed E-state index contributed by atoms with van der Waals surface area (Å²) in [6, 6.07) is 0. The summed E-state index contributed by atoms with van der Waals surface area (Å²) >= 11 is 0. The van der Waals surface area contributed by atoms with Crippen LogP contribution in [0, 0.1) is 22.7 Å². The van der Waals surface area contributed by atoms with Gasteiger partial charge in [-0.15, -0.1) is 0 Å². The van der Waals surface area contributed by atoms with Crippen molar-refractivity contribution in [2.75, 3.05) is 6.61 Å². The van der Waals surface area contributed by atoms with Crippen LogP contribution in [0.5, 0.6) is 0 Å². The maximum Gasteiger partial charge on any atom is 0.303 e. The number of carbonyl (C=O) groups is 4. The SMILES string of the molecule is CC(=O)O[C@@H]1[C@@H]2[C@@H](OC(C)=O)CC(C)=C([C@@H](OC(C)=O)C[C@]3(C)CC[C@H](OC(C)=O)[C@]4(CO4)[C@@H]13)C2(C)C. The van der Waals surface area contributed by atoms with Gasteiger partial charge in [-0.2, -0.15) is 0 Å². The molecule has 0 unspecified atom stereocenters. The fourth-order valence-electron chi connectivity index (χ4n) is 8.10. The van der Waals surface area contributed by atoms with E-state index in [2.05, 4.69) is 6.92 Å². The maximum atomic E-state index is 12.6. The molecule has 0 aromatic heterocycles. The van der Waals surface area contributed by atoms with Gasteiger partial charge in [0.15, 0.2) is 0 Å². The van der Waals surface area contributed by atoms with E-state index < -0.39 is 64.7 Å². The molecule has 2 bridgehead atoms. The minimum absolute atomic E-state index is 0.355. The average molecular weight is 521 g/mol. The monoisotopic (exact) mass is 520 g/mol. The van der Waals surface area contributed by atoms with Crippen molar-refractivity contribution in [2.24, 2.45) is 22.7 Å². The zero-order valence-electron chi connectivity index (χ0n) is 23.2. The molecule has 1 spiro atoms. The highest BCUT2D eigenvalue weighted by atomic mass is 16.6. The number of carbonyl (C=O) groups excluding carboxylic acids is 4. The molecule has 4 aliphatic rings. The van der Waals surface area contributed by atoms with Gasteiger partial charge in [-0.25, -0.2) is 0 Å². The van der Waals surface area contributed by atoms with Crippen molar-refractivity contribution in [3.63, 3.8) is 0 Å². The van der Waals surface area contributed by atoms with Gasteiger partial charge in [0.05, 0.1) is 6.61 Å². The standard InChI is InChI=1S/C28H40O9/c1-14-11-19(34-15(2)29)23-24(37-18(5)32)25-27(8,10-9-21(36-17(4)31)28(25)13-33-28)12-20(35-16(3)30)22(14)26(23,6)7/h19-21,23-25H,9-13H2,1-8H3/t19-,20-,21-,23-,24+,25-,27-,28+/m0/s1. The van der Waals surface area contributed by atoms with E-state index in [0.717, 1.165) is 11.1 Å². The molecule has 37 heavy (non-hydrogen) atoms. The quantitative estimate of drug-likeness (QED) is 0.237. The Bertz CT molecular complexity index is 1020. The first-order chi connectivity index (χ1) is 17.1. The Balaban J connectivity index is 1.96. The van der Waals surface area contributed by atoms with Crippen molar-refractivity contribution in [3.8, 4) is 0 Å². The van der Waals surface area contributed by atoms with Crippen LogP contribution >= 0.6 is 0 Å². The second-order valence-electron chi connectivity index (χ2n) is 12.2. The van der Waals surface area contributed by atoms with Crippen molar-refractivity contribution < 1.29 is 42.9 Å². The van der Waals surface area contributed by atoms with Crippen LogP contribution in [0.15, 0.2) is 11.1 Å². The predicted octanol–water partition coefficient (Wildman–Crippen LogP) is 3.66. The van der Waals surface area contributed by atoms with Gasteiger partial charge in [0.2, 0.25) is 0 Å². The van der Waals surface area contributed by atoms with Crippen LogP contribution in [-0.2, 0) is 42.9 Å². The second kappa shape index (κ2) is 9.40. The zero-order chi connectivity index (χ0) is 27.5. The molecule has 0 amide bonds. The van der Waals surface area contributed by atoms with Gasteiger partial charge in [0.1, 0.15) is 30.0 Å². The minimum Gasteiger partial charge on any atom is -0.462 e. The Hall–Kier alpha value is -2.42. The third-order valence-corrected chi connectivity index (χ3v) is 9.06. The largest absolute Gasteiger partial charge is 0.462 e. The van der Waals surface area contributed by atoms with Crippen LogP contribution in [0.3, 0.4) is 0 Å². The van der Waals surface area contributed by atoms with E-state index in [0.29, 0.717) is 32.3 Å². The fourth-order valence-corrected chi connectivity index (χ4v) is 8.10. The molecule has 0 aromatic rings. The number of hydrogen-bond donors (Lipinski definition) is 0. The van der Waals surface area contributed by atoms with Gasteiger partial charge in [-0.1, -0.05) is 26.3 Å². The molecule has 1 saturated heterocycles. The normalized spacial score (nSPS) is 40.0. The lowest BCUT2D eigenvalue weighted by Crippen LogP contribution is -2.65. The van der Waals surface area contributed by atoms with Crippen LogP contribution in [0.2, 0.25) is 0 Å². The van der Waals surface area contributed by atoms with Gasteiger partial charge in [0, 0.05) is 46.0 Å². The van der Waals surface area contributed by atoms with Crippen LogP contribution in [0.25, 0.3) is 0 Å². The van der Waals surface area contributed by atoms with Crippen LogP contribution in [0.1, 0.15) is 81.1 Å². The van der Waals surface area contributed by atoms with Crippen LogP contribution in [-0.4, -0.2) is 60.5 Å². The summed E-state index contributed by atoms with van der Waals surface area (Å²) in [5.74, 6) is -2.46. The highest BCUT2D eigenvalue weighted by Crippen LogP contribution is 2.65. The van der Waals surface area contributed by atoms with Gasteiger partial charge in [0.25, 0.3) is 0 Å². The first-order valence-corrected chi connectivity index (χ1v) is 13.2. The summed E-state index contributed by atoms with van der Waals surface area (Å²) in [4.78, 5) is 49.2. The molecule has 0 N–H and O–H groups in total. The van der Waals surface area contributed by atoms with Crippen molar-refractivity contribution in [2.45, 2.75) is 111 Å². The summed E-state index contributed by atoms with van der Waals surface area (Å²) in [7, 11) is 0. The molecular weight excluding hydrogens is 480 g/mol. The Morgan fingerprint density at radius 2 is 1.43 bits per heavy atom. The lowest BCUT2D eigenvalue weighted by atomic mass is 9.48. The fraction of sp³-hybridized carbons (Fsp3) is 0.786. The van der Waals surface area contributed by atoms with Crippen LogP contribution in [0.4, 0.5) is 0 Å². The van der Waals surface area contributed by atoms with Gasteiger partial charge < -0.3 is 23.7 Å². The molecule has 4 rings (SSSR count). The van der Waals surface area contributed by atoms with Gasteiger partial charge >= 0.3 is 23.9 Å². The van der Waals surface area contributed by atoms with E-state index >= 15 is 0 Å². The predicted molar refractivity (Wildman–Crippen MR) is 131 cm³/mol. The van der Waals surface area contributed by atoms with Crippen molar-refractivity contribution >= 4 is 23.9 Å². The van der Waals surface area contributed by atoms with E-state index in [1.54, 1.807) is 0 Å². The van der Waals surface area contributed by atoms with E-state index in [1.165, 1.54) is 27.7 Å². The molecule has 1 heterocycles. The highest BCUT2D eigenvalue weighted by Gasteiger charge is 2.72. The van der Waals surface area contributed by atoms with Crippen molar-refractivity contribution in [1.29, 1.82) is 0 Å². The smallest absolute Gasteiger partial charge is 0.303 e. The number of esters is 4. The lowest BCUT2D eigenvalue weighted by molar-refractivity contribution is -0.208. The van der Waals surface area contributed by atoms with Crippen molar-refractivity contribution in [3.05, 3.63) is 11.1 Å². The number of rotatable bonds is 4. The zero-order valence-corrected chi connectivity index (χ0v) is 23.2. The van der Waals surface area contributed by atoms with Gasteiger partial charge in [-0.3, -0.25) is 19.2 Å². The summed E-state index contributed by atoms with van der Waals surface area (Å²) in [5.41, 5.74) is -0.00107. The second-order valence-corrected chi connectivity index (χ2v) is 12.2. The topological polar surface area (TPSA) is 118 Å². The molecule has 9 heteroatoms.